The zero-order valence-electron chi connectivity index (χ0n) is 13.5. The van der Waals surface area contributed by atoms with Crippen molar-refractivity contribution in [1.82, 2.24) is 30.3 Å². The second-order valence-electron chi connectivity index (χ2n) is 5.76. The van der Waals surface area contributed by atoms with Gasteiger partial charge in [0.2, 0.25) is 0 Å². The molecule has 9 heteroatoms. The van der Waals surface area contributed by atoms with E-state index in [0.29, 0.717) is 17.4 Å². The van der Waals surface area contributed by atoms with Crippen molar-refractivity contribution in [2.24, 2.45) is 0 Å². The van der Waals surface area contributed by atoms with Gasteiger partial charge in [0.25, 0.3) is 0 Å². The lowest BCUT2D eigenvalue weighted by Gasteiger charge is -2.06. The number of pyridine rings is 1. The fourth-order valence-corrected chi connectivity index (χ4v) is 3.76. The zero-order valence-corrected chi connectivity index (χ0v) is 14.3. The molecular weight excluding hydrogens is 338 g/mol. The smallest absolute Gasteiger partial charge is 0.321 e. The summed E-state index contributed by atoms with van der Waals surface area (Å²) in [6.45, 7) is 0.294. The fourth-order valence-electron chi connectivity index (χ4n) is 2.72. The molecule has 8 nitrogen and oxygen atoms in total. The number of aromatic nitrogens is 5. The fraction of sp³-hybridized carbons (Fsp3) is 0.312. The number of hydrogen-bond donors (Lipinski definition) is 2. The van der Waals surface area contributed by atoms with Crippen LogP contribution >= 0.6 is 11.3 Å². The number of carbonyl (C=O) groups excluding carboxylic acids is 1. The van der Waals surface area contributed by atoms with Gasteiger partial charge in [-0.3, -0.25) is 10.3 Å². The van der Waals surface area contributed by atoms with E-state index in [1.807, 2.05) is 12.1 Å². The Balaban J connectivity index is 1.33. The van der Waals surface area contributed by atoms with Crippen LogP contribution in [-0.2, 0) is 19.4 Å². The van der Waals surface area contributed by atoms with Gasteiger partial charge in [-0.2, -0.15) is 0 Å². The van der Waals surface area contributed by atoms with Crippen molar-refractivity contribution in [1.29, 1.82) is 0 Å². The van der Waals surface area contributed by atoms with E-state index in [-0.39, 0.29) is 6.03 Å². The third kappa shape index (κ3) is 3.66. The van der Waals surface area contributed by atoms with E-state index in [1.165, 1.54) is 17.7 Å². The zero-order chi connectivity index (χ0) is 17.1. The minimum Gasteiger partial charge on any atom is -0.332 e. The number of aryl methyl sites for hydroxylation is 2. The van der Waals surface area contributed by atoms with E-state index in [1.54, 1.807) is 34.6 Å². The predicted octanol–water partition coefficient (Wildman–Crippen LogP) is 2.32. The Kier molecular flexibility index (Phi) is 4.38. The molecule has 0 aliphatic heterocycles. The van der Waals surface area contributed by atoms with Crippen LogP contribution in [0.25, 0.3) is 5.69 Å². The molecule has 0 atom stereocenters. The van der Waals surface area contributed by atoms with E-state index >= 15 is 0 Å². The highest BCUT2D eigenvalue weighted by Crippen LogP contribution is 2.29. The summed E-state index contributed by atoms with van der Waals surface area (Å²) in [6, 6.07) is 3.38. The first kappa shape index (κ1) is 15.7. The maximum absolute atomic E-state index is 12.1. The van der Waals surface area contributed by atoms with E-state index in [0.717, 1.165) is 24.2 Å². The number of fused-ring (bicyclic) bond motifs is 1. The molecular formula is C16H17N7OS. The summed E-state index contributed by atoms with van der Waals surface area (Å²) in [6.07, 6.45) is 9.61. The topological polar surface area (TPSA) is 97.6 Å². The van der Waals surface area contributed by atoms with Crippen LogP contribution < -0.4 is 10.6 Å². The highest BCUT2D eigenvalue weighted by molar-refractivity contribution is 7.15. The minimum atomic E-state index is -0.287. The third-order valence-electron chi connectivity index (χ3n) is 3.96. The molecule has 0 aromatic carbocycles. The summed E-state index contributed by atoms with van der Waals surface area (Å²) < 4.78 is 1.64. The van der Waals surface area contributed by atoms with Crippen molar-refractivity contribution in [3.8, 4) is 5.69 Å². The van der Waals surface area contributed by atoms with Crippen LogP contribution in [0.3, 0.4) is 0 Å². The summed E-state index contributed by atoms with van der Waals surface area (Å²) >= 11 is 1.57. The molecule has 1 aliphatic carbocycles. The second-order valence-corrected chi connectivity index (χ2v) is 6.85. The van der Waals surface area contributed by atoms with E-state index in [9.17, 15) is 4.79 Å². The van der Waals surface area contributed by atoms with Crippen LogP contribution in [0.5, 0.6) is 0 Å². The molecule has 2 N–H and O–H groups in total. The summed E-state index contributed by atoms with van der Waals surface area (Å²) in [5.74, 6) is 0. The molecule has 3 aromatic heterocycles. The molecule has 0 bridgehead atoms. The molecule has 2 amide bonds. The van der Waals surface area contributed by atoms with Gasteiger partial charge in [0.1, 0.15) is 5.69 Å². The van der Waals surface area contributed by atoms with Gasteiger partial charge in [-0.15, -0.1) is 16.4 Å². The third-order valence-corrected chi connectivity index (χ3v) is 5.04. The van der Waals surface area contributed by atoms with Gasteiger partial charge < -0.3 is 5.32 Å². The summed E-state index contributed by atoms with van der Waals surface area (Å²) in [5.41, 5.74) is 2.67. The van der Waals surface area contributed by atoms with Gasteiger partial charge in [0.05, 0.1) is 24.1 Å². The first-order valence-corrected chi connectivity index (χ1v) is 8.94. The van der Waals surface area contributed by atoms with Gasteiger partial charge in [-0.05, 0) is 37.8 Å². The lowest BCUT2D eigenvalue weighted by molar-refractivity contribution is 0.251. The Morgan fingerprint density at radius 1 is 1.24 bits per heavy atom. The van der Waals surface area contributed by atoms with Gasteiger partial charge in [-0.1, -0.05) is 5.21 Å². The standard InChI is InChI=1S/C16H17N7OS/c24-15(20-16-19-13-3-1-2-4-14(13)25-16)18-9-11-10-23(22-21-11)12-5-7-17-8-6-12/h5-8,10H,1-4,9H2,(H2,18,19,20,24). The maximum Gasteiger partial charge on any atom is 0.321 e. The molecule has 4 rings (SSSR count). The average molecular weight is 355 g/mol. The van der Waals surface area contributed by atoms with Gasteiger partial charge in [-0.25, -0.2) is 14.5 Å². The molecule has 0 fully saturated rings. The largest absolute Gasteiger partial charge is 0.332 e. The van der Waals surface area contributed by atoms with Crippen LogP contribution in [-0.4, -0.2) is 31.0 Å². The molecule has 3 aromatic rings. The maximum atomic E-state index is 12.1. The monoisotopic (exact) mass is 355 g/mol. The Labute approximate surface area is 148 Å². The molecule has 25 heavy (non-hydrogen) atoms. The number of urea groups is 1. The number of thiazole rings is 1. The summed E-state index contributed by atoms with van der Waals surface area (Å²) in [5, 5.41) is 14.4. The quantitative estimate of drug-likeness (QED) is 0.748. The van der Waals surface area contributed by atoms with Crippen LogP contribution in [0.2, 0.25) is 0 Å². The van der Waals surface area contributed by atoms with Crippen LogP contribution in [0.4, 0.5) is 9.93 Å². The lowest BCUT2D eigenvalue weighted by Crippen LogP contribution is -2.28. The Bertz CT molecular complexity index is 850. The first-order chi connectivity index (χ1) is 12.3. The Morgan fingerprint density at radius 2 is 2.08 bits per heavy atom. The number of carbonyl (C=O) groups is 1. The van der Waals surface area contributed by atoms with Gasteiger partial charge >= 0.3 is 6.03 Å². The van der Waals surface area contributed by atoms with Crippen molar-refractivity contribution in [3.63, 3.8) is 0 Å². The van der Waals surface area contributed by atoms with Crippen molar-refractivity contribution in [3.05, 3.63) is 47.0 Å². The molecule has 0 radical (unpaired) electrons. The number of anilines is 1. The molecule has 0 spiro atoms. The van der Waals surface area contributed by atoms with Gasteiger partial charge in [0.15, 0.2) is 5.13 Å². The van der Waals surface area contributed by atoms with Crippen molar-refractivity contribution in [2.45, 2.75) is 32.2 Å². The van der Waals surface area contributed by atoms with Crippen LogP contribution in [0.15, 0.2) is 30.7 Å². The molecule has 128 valence electrons. The number of rotatable bonds is 4. The number of nitrogens with zero attached hydrogens (tertiary/aromatic N) is 5. The molecule has 3 heterocycles. The predicted molar refractivity (Wildman–Crippen MR) is 93.8 cm³/mol. The first-order valence-electron chi connectivity index (χ1n) is 8.13. The average Bonchev–Trinajstić information content (AvgIpc) is 3.27. The highest BCUT2D eigenvalue weighted by atomic mass is 32.1. The molecule has 1 aliphatic rings. The molecule has 0 saturated carbocycles. The number of amides is 2. The summed E-state index contributed by atoms with van der Waals surface area (Å²) in [7, 11) is 0. The van der Waals surface area contributed by atoms with Crippen molar-refractivity contribution < 1.29 is 4.79 Å². The summed E-state index contributed by atoms with van der Waals surface area (Å²) in [4.78, 5) is 21.8. The minimum absolute atomic E-state index is 0.287. The van der Waals surface area contributed by atoms with Crippen LogP contribution in [0.1, 0.15) is 29.1 Å². The normalized spacial score (nSPS) is 13.3. The Morgan fingerprint density at radius 3 is 2.92 bits per heavy atom. The SMILES string of the molecule is O=C(NCc1cn(-c2ccncc2)nn1)Nc1nc2c(s1)CCCC2. The van der Waals surface area contributed by atoms with Crippen molar-refractivity contribution >= 4 is 22.5 Å². The van der Waals surface area contributed by atoms with Crippen molar-refractivity contribution in [2.75, 3.05) is 5.32 Å². The second kappa shape index (κ2) is 6.98. The number of hydrogen-bond acceptors (Lipinski definition) is 6. The van der Waals surface area contributed by atoms with E-state index in [2.05, 4.69) is 30.9 Å². The highest BCUT2D eigenvalue weighted by Gasteiger charge is 2.16. The lowest BCUT2D eigenvalue weighted by atomic mass is 10.0. The Hall–Kier alpha value is -2.81. The van der Waals surface area contributed by atoms with Gasteiger partial charge in [0, 0.05) is 17.3 Å². The van der Waals surface area contributed by atoms with Crippen LogP contribution in [0, 0.1) is 0 Å². The molecule has 0 saturated heterocycles. The molecule has 0 unspecified atom stereocenters. The van der Waals surface area contributed by atoms with E-state index in [4.69, 9.17) is 0 Å². The number of nitrogens with one attached hydrogen (secondary N) is 2. The van der Waals surface area contributed by atoms with E-state index < -0.39 is 0 Å².